The van der Waals surface area contributed by atoms with Gasteiger partial charge < -0.3 is 15.0 Å². The van der Waals surface area contributed by atoms with Crippen LogP contribution in [0.4, 0.5) is 4.39 Å². The van der Waals surface area contributed by atoms with Gasteiger partial charge in [-0.2, -0.15) is 0 Å². The molecule has 1 aromatic carbocycles. The molecule has 0 spiro atoms. The van der Waals surface area contributed by atoms with Crippen molar-refractivity contribution in [3.8, 4) is 5.75 Å². The van der Waals surface area contributed by atoms with Crippen molar-refractivity contribution in [2.24, 2.45) is 5.92 Å². The molecule has 21 heavy (non-hydrogen) atoms. The molecule has 2 rings (SSSR count). The van der Waals surface area contributed by atoms with Crippen molar-refractivity contribution in [1.82, 2.24) is 10.2 Å². The molecule has 0 bridgehead atoms. The Balaban J connectivity index is 1.86. The quantitative estimate of drug-likeness (QED) is 0.878. The number of piperidine rings is 1. The van der Waals surface area contributed by atoms with E-state index >= 15 is 0 Å². The normalized spacial score (nSPS) is 18.6. The molecule has 6 heteroatoms. The summed E-state index contributed by atoms with van der Waals surface area (Å²) < 4.78 is 19.6. The van der Waals surface area contributed by atoms with Gasteiger partial charge in [0.05, 0.1) is 0 Å². The zero-order valence-corrected chi connectivity index (χ0v) is 13.7. The molecule has 4 nitrogen and oxygen atoms in total. The van der Waals surface area contributed by atoms with E-state index in [4.69, 9.17) is 4.74 Å². The minimum Gasteiger partial charge on any atom is -0.481 e. The lowest BCUT2D eigenvalue weighted by molar-refractivity contribution is -0.135. The van der Waals surface area contributed by atoms with Gasteiger partial charge in [0.1, 0.15) is 0 Å². The molecule has 1 fully saturated rings. The largest absolute Gasteiger partial charge is 0.481 e. The van der Waals surface area contributed by atoms with Crippen molar-refractivity contribution in [2.75, 3.05) is 33.3 Å². The lowest BCUT2D eigenvalue weighted by atomic mass is 9.98. The van der Waals surface area contributed by atoms with Crippen LogP contribution < -0.4 is 10.1 Å². The molecular weight excluding hydrogens is 339 g/mol. The van der Waals surface area contributed by atoms with Crippen LogP contribution in [0, 0.1) is 11.7 Å². The molecule has 1 atom stereocenters. The van der Waals surface area contributed by atoms with Gasteiger partial charge in [0, 0.05) is 17.6 Å². The van der Waals surface area contributed by atoms with Gasteiger partial charge in [0.2, 0.25) is 0 Å². The predicted octanol–water partition coefficient (Wildman–Crippen LogP) is 2.42. The summed E-state index contributed by atoms with van der Waals surface area (Å²) in [6.45, 7) is 2.29. The third kappa shape index (κ3) is 4.68. The fraction of sp³-hybridized carbons (Fsp3) is 0.533. The van der Waals surface area contributed by atoms with Crippen molar-refractivity contribution in [2.45, 2.75) is 12.8 Å². The van der Waals surface area contributed by atoms with Crippen LogP contribution in [0.2, 0.25) is 0 Å². The van der Waals surface area contributed by atoms with Crippen molar-refractivity contribution in [3.63, 3.8) is 0 Å². The summed E-state index contributed by atoms with van der Waals surface area (Å²) in [6, 6.07) is 4.53. The van der Waals surface area contributed by atoms with Crippen LogP contribution >= 0.6 is 15.9 Å². The van der Waals surface area contributed by atoms with Crippen molar-refractivity contribution in [3.05, 3.63) is 28.5 Å². The van der Waals surface area contributed by atoms with Crippen LogP contribution in [0.3, 0.4) is 0 Å². The summed E-state index contributed by atoms with van der Waals surface area (Å²) in [7, 11) is 1.92. The van der Waals surface area contributed by atoms with E-state index in [1.54, 1.807) is 6.07 Å². The first-order valence-corrected chi connectivity index (χ1v) is 7.89. The van der Waals surface area contributed by atoms with Crippen molar-refractivity contribution < 1.29 is 13.9 Å². The molecule has 0 radical (unpaired) electrons. The van der Waals surface area contributed by atoms with Gasteiger partial charge in [-0.05, 0) is 50.6 Å². The summed E-state index contributed by atoms with van der Waals surface area (Å²) in [5.41, 5.74) is 0. The second-order valence-electron chi connectivity index (χ2n) is 5.27. The van der Waals surface area contributed by atoms with E-state index < -0.39 is 5.82 Å². The summed E-state index contributed by atoms with van der Waals surface area (Å²) in [5, 5.41) is 3.14. The van der Waals surface area contributed by atoms with Crippen LogP contribution in [-0.4, -0.2) is 44.1 Å². The number of nitrogens with zero attached hydrogens (tertiary/aromatic N) is 1. The van der Waals surface area contributed by atoms with Crippen LogP contribution in [-0.2, 0) is 4.79 Å². The standard InChI is InChI=1S/C15H20BrFN2O2/c1-18-8-11-3-2-6-19(9-11)15(20)10-21-14-5-4-12(16)7-13(14)17/h4-5,7,11,18H,2-3,6,8-10H2,1H3/t11-/m0/s1. The predicted molar refractivity (Wildman–Crippen MR) is 82.8 cm³/mol. The average molecular weight is 359 g/mol. The van der Waals surface area contributed by atoms with E-state index in [-0.39, 0.29) is 18.3 Å². The number of benzene rings is 1. The highest BCUT2D eigenvalue weighted by Gasteiger charge is 2.23. The minimum atomic E-state index is -0.469. The number of likely N-dealkylation sites (tertiary alicyclic amines) is 1. The highest BCUT2D eigenvalue weighted by Crippen LogP contribution is 2.22. The number of hydrogen-bond donors (Lipinski definition) is 1. The van der Waals surface area contributed by atoms with Crippen molar-refractivity contribution >= 4 is 21.8 Å². The number of nitrogens with one attached hydrogen (secondary N) is 1. The van der Waals surface area contributed by atoms with Gasteiger partial charge in [0.15, 0.2) is 18.2 Å². The van der Waals surface area contributed by atoms with Gasteiger partial charge in [-0.3, -0.25) is 4.79 Å². The number of rotatable bonds is 5. The Kier molecular flexibility index (Phi) is 5.99. The molecule has 1 aliphatic rings. The minimum absolute atomic E-state index is 0.0851. The molecule has 0 unspecified atom stereocenters. The monoisotopic (exact) mass is 358 g/mol. The third-order valence-corrected chi connectivity index (χ3v) is 4.10. The topological polar surface area (TPSA) is 41.6 Å². The first kappa shape index (κ1) is 16.2. The molecule has 1 aliphatic heterocycles. The Morgan fingerprint density at radius 1 is 1.57 bits per heavy atom. The van der Waals surface area contributed by atoms with Crippen LogP contribution in [0.5, 0.6) is 5.75 Å². The van der Waals surface area contributed by atoms with E-state index in [1.165, 1.54) is 12.1 Å². The summed E-state index contributed by atoms with van der Waals surface area (Å²) in [4.78, 5) is 14.0. The number of amides is 1. The average Bonchev–Trinajstić information content (AvgIpc) is 2.47. The number of ether oxygens (including phenoxy) is 1. The molecule has 1 saturated heterocycles. The van der Waals surface area contributed by atoms with E-state index in [0.29, 0.717) is 10.4 Å². The van der Waals surface area contributed by atoms with E-state index in [2.05, 4.69) is 21.2 Å². The summed E-state index contributed by atoms with van der Waals surface area (Å²) >= 11 is 3.18. The SMILES string of the molecule is CNC[C@@H]1CCCN(C(=O)COc2ccc(Br)cc2F)C1. The van der Waals surface area contributed by atoms with Gasteiger partial charge in [-0.1, -0.05) is 15.9 Å². The van der Waals surface area contributed by atoms with Gasteiger partial charge in [-0.25, -0.2) is 4.39 Å². The smallest absolute Gasteiger partial charge is 0.260 e. The second-order valence-corrected chi connectivity index (χ2v) is 6.18. The summed E-state index contributed by atoms with van der Waals surface area (Å²) in [6.07, 6.45) is 2.14. The van der Waals surface area contributed by atoms with Gasteiger partial charge >= 0.3 is 0 Å². The Labute approximate surface area is 132 Å². The maximum absolute atomic E-state index is 13.6. The molecule has 0 aromatic heterocycles. The lowest BCUT2D eigenvalue weighted by Gasteiger charge is -2.32. The maximum Gasteiger partial charge on any atom is 0.260 e. The number of carbonyl (C=O) groups excluding carboxylic acids is 1. The van der Waals surface area contributed by atoms with Crippen molar-refractivity contribution in [1.29, 1.82) is 0 Å². The Bertz CT molecular complexity index is 497. The Morgan fingerprint density at radius 2 is 2.38 bits per heavy atom. The number of halogens is 2. The molecule has 116 valence electrons. The zero-order valence-electron chi connectivity index (χ0n) is 12.1. The number of hydrogen-bond acceptors (Lipinski definition) is 3. The molecular formula is C15H20BrFN2O2. The first-order chi connectivity index (χ1) is 10.1. The highest BCUT2D eigenvalue weighted by atomic mass is 79.9. The molecule has 1 N–H and O–H groups in total. The van der Waals surface area contributed by atoms with E-state index in [0.717, 1.165) is 32.5 Å². The fourth-order valence-electron chi connectivity index (χ4n) is 2.57. The highest BCUT2D eigenvalue weighted by molar-refractivity contribution is 9.10. The van der Waals surface area contributed by atoms with Gasteiger partial charge in [0.25, 0.3) is 5.91 Å². The summed E-state index contributed by atoms with van der Waals surface area (Å²) in [5.74, 6) is 0.0365. The Morgan fingerprint density at radius 3 is 3.10 bits per heavy atom. The van der Waals surface area contributed by atoms with Crippen LogP contribution in [0.15, 0.2) is 22.7 Å². The number of carbonyl (C=O) groups is 1. The molecule has 0 saturated carbocycles. The zero-order chi connectivity index (χ0) is 15.2. The lowest BCUT2D eigenvalue weighted by Crippen LogP contribution is -2.44. The van der Waals surface area contributed by atoms with E-state index in [9.17, 15) is 9.18 Å². The molecule has 1 heterocycles. The molecule has 1 aromatic rings. The fourth-order valence-corrected chi connectivity index (χ4v) is 2.90. The van der Waals surface area contributed by atoms with Crippen LogP contribution in [0.1, 0.15) is 12.8 Å². The van der Waals surface area contributed by atoms with Crippen LogP contribution in [0.25, 0.3) is 0 Å². The first-order valence-electron chi connectivity index (χ1n) is 7.10. The molecule has 1 amide bonds. The maximum atomic E-state index is 13.6. The third-order valence-electron chi connectivity index (χ3n) is 3.61. The van der Waals surface area contributed by atoms with Gasteiger partial charge in [-0.15, -0.1) is 0 Å². The second kappa shape index (κ2) is 7.75. The molecule has 0 aliphatic carbocycles. The Hall–Kier alpha value is -1.14. The van der Waals surface area contributed by atoms with E-state index in [1.807, 2.05) is 11.9 Å².